The summed E-state index contributed by atoms with van der Waals surface area (Å²) < 4.78 is 5.31. The molecular weight excluding hydrogens is 272 g/mol. The van der Waals surface area contributed by atoms with Crippen molar-refractivity contribution in [2.24, 2.45) is 0 Å². The number of hydrogen-bond donors (Lipinski definition) is 0. The Morgan fingerprint density at radius 3 is 2.31 bits per heavy atom. The summed E-state index contributed by atoms with van der Waals surface area (Å²) in [6.45, 7) is 0. The van der Waals surface area contributed by atoms with Crippen LogP contribution >= 0.6 is 34.8 Å². The number of para-hydroxylation sites is 1. The summed E-state index contributed by atoms with van der Waals surface area (Å²) in [5.74, 6) is 0.285. The fourth-order valence-corrected chi connectivity index (χ4v) is 1.57. The minimum absolute atomic E-state index is 0.0353. The molecule has 0 atom stereocenters. The van der Waals surface area contributed by atoms with Crippen LogP contribution in [0.15, 0.2) is 24.5 Å². The molecule has 7 heteroatoms. The first-order chi connectivity index (χ1) is 7.66. The molecule has 82 valence electrons. The second-order valence-corrected chi connectivity index (χ2v) is 3.84. The average molecular weight is 277 g/mol. The molecule has 0 amide bonds. The highest BCUT2D eigenvalue weighted by atomic mass is 35.5. The number of hydrogen-bond acceptors (Lipinski definition) is 4. The first kappa shape index (κ1) is 11.4. The van der Waals surface area contributed by atoms with Crippen molar-refractivity contribution in [1.82, 2.24) is 15.0 Å². The normalized spacial score (nSPS) is 10.2. The second kappa shape index (κ2) is 4.82. The van der Waals surface area contributed by atoms with Gasteiger partial charge in [-0.1, -0.05) is 29.3 Å². The van der Waals surface area contributed by atoms with Gasteiger partial charge >= 0.3 is 6.01 Å². The number of ether oxygens (including phenoxy) is 1. The second-order valence-electron chi connectivity index (χ2n) is 2.69. The van der Waals surface area contributed by atoms with Crippen LogP contribution in [0.2, 0.25) is 15.3 Å². The Hall–Kier alpha value is -1.10. The molecule has 0 saturated heterocycles. The van der Waals surface area contributed by atoms with Crippen LogP contribution < -0.4 is 4.74 Å². The van der Waals surface area contributed by atoms with Gasteiger partial charge in [0.05, 0.1) is 10.0 Å². The van der Waals surface area contributed by atoms with E-state index in [-0.39, 0.29) is 17.0 Å². The van der Waals surface area contributed by atoms with E-state index < -0.39 is 0 Å². The van der Waals surface area contributed by atoms with Gasteiger partial charge in [0.15, 0.2) is 5.75 Å². The zero-order valence-electron chi connectivity index (χ0n) is 7.69. The van der Waals surface area contributed by atoms with E-state index in [9.17, 15) is 0 Å². The van der Waals surface area contributed by atoms with Gasteiger partial charge in [-0.05, 0) is 23.7 Å². The summed E-state index contributed by atoms with van der Waals surface area (Å²) in [4.78, 5) is 11.1. The maximum absolute atomic E-state index is 5.91. The molecule has 0 aliphatic carbocycles. The standard InChI is InChI=1S/C9H4Cl3N3O/c10-5-2-1-3-6(11)7(5)16-9-14-4-13-8(12)15-9/h1-4H. The Morgan fingerprint density at radius 1 is 1.00 bits per heavy atom. The Morgan fingerprint density at radius 2 is 1.69 bits per heavy atom. The minimum atomic E-state index is 0.0353. The third kappa shape index (κ3) is 2.52. The van der Waals surface area contributed by atoms with Crippen molar-refractivity contribution in [3.05, 3.63) is 39.9 Å². The first-order valence-electron chi connectivity index (χ1n) is 4.13. The molecule has 0 saturated carbocycles. The van der Waals surface area contributed by atoms with Gasteiger partial charge in [0, 0.05) is 0 Å². The van der Waals surface area contributed by atoms with Crippen LogP contribution in [0.25, 0.3) is 0 Å². The SMILES string of the molecule is Clc1ncnc(Oc2c(Cl)cccc2Cl)n1. The van der Waals surface area contributed by atoms with Crippen LogP contribution in [0.4, 0.5) is 0 Å². The van der Waals surface area contributed by atoms with Crippen LogP contribution in [-0.4, -0.2) is 15.0 Å². The van der Waals surface area contributed by atoms with Gasteiger partial charge < -0.3 is 4.74 Å². The number of benzene rings is 1. The minimum Gasteiger partial charge on any atom is -0.421 e. The third-order valence-corrected chi connectivity index (χ3v) is 2.41. The molecule has 0 bridgehead atoms. The van der Waals surface area contributed by atoms with E-state index in [2.05, 4.69) is 15.0 Å². The van der Waals surface area contributed by atoms with Crippen molar-refractivity contribution in [2.45, 2.75) is 0 Å². The zero-order valence-corrected chi connectivity index (χ0v) is 9.96. The molecule has 1 aromatic carbocycles. The quantitative estimate of drug-likeness (QED) is 0.840. The summed E-state index contributed by atoms with van der Waals surface area (Å²) in [6, 6.07) is 5.03. The molecule has 0 aliphatic heterocycles. The Kier molecular flexibility index (Phi) is 3.43. The van der Waals surface area contributed by atoms with E-state index in [4.69, 9.17) is 39.5 Å². The molecule has 0 radical (unpaired) electrons. The third-order valence-electron chi connectivity index (χ3n) is 1.63. The lowest BCUT2D eigenvalue weighted by Crippen LogP contribution is -1.94. The Labute approximate surface area is 106 Å². The molecule has 0 spiro atoms. The average Bonchev–Trinajstić information content (AvgIpc) is 2.24. The summed E-state index contributed by atoms with van der Waals surface area (Å²) >= 11 is 17.4. The van der Waals surface area contributed by atoms with E-state index in [1.165, 1.54) is 6.33 Å². The molecule has 0 N–H and O–H groups in total. The van der Waals surface area contributed by atoms with Crippen LogP contribution in [0, 0.1) is 0 Å². The van der Waals surface area contributed by atoms with Crippen molar-refractivity contribution in [3.8, 4) is 11.8 Å². The highest BCUT2D eigenvalue weighted by Gasteiger charge is 2.09. The van der Waals surface area contributed by atoms with Crippen molar-refractivity contribution >= 4 is 34.8 Å². The van der Waals surface area contributed by atoms with Gasteiger partial charge in [-0.15, -0.1) is 0 Å². The fourth-order valence-electron chi connectivity index (χ4n) is 0.983. The Balaban J connectivity index is 2.34. The number of nitrogens with zero attached hydrogens (tertiary/aromatic N) is 3. The number of rotatable bonds is 2. The van der Waals surface area contributed by atoms with E-state index in [1.54, 1.807) is 18.2 Å². The molecule has 4 nitrogen and oxygen atoms in total. The molecule has 2 aromatic rings. The maximum Gasteiger partial charge on any atom is 0.326 e. The predicted octanol–water partition coefficient (Wildman–Crippen LogP) is 3.62. The largest absolute Gasteiger partial charge is 0.421 e. The van der Waals surface area contributed by atoms with Gasteiger partial charge in [-0.2, -0.15) is 9.97 Å². The first-order valence-corrected chi connectivity index (χ1v) is 5.26. The summed E-state index contributed by atoms with van der Waals surface area (Å²) in [6.07, 6.45) is 1.23. The van der Waals surface area contributed by atoms with Crippen molar-refractivity contribution in [3.63, 3.8) is 0 Å². The summed E-state index contributed by atoms with van der Waals surface area (Å²) in [5, 5.41) is 0.765. The van der Waals surface area contributed by atoms with Crippen LogP contribution in [0.5, 0.6) is 11.8 Å². The number of aromatic nitrogens is 3. The van der Waals surface area contributed by atoms with E-state index >= 15 is 0 Å². The van der Waals surface area contributed by atoms with Crippen molar-refractivity contribution in [1.29, 1.82) is 0 Å². The topological polar surface area (TPSA) is 47.9 Å². The summed E-state index contributed by atoms with van der Waals surface area (Å²) in [7, 11) is 0. The molecule has 0 aliphatic rings. The molecule has 2 rings (SSSR count). The highest BCUT2D eigenvalue weighted by Crippen LogP contribution is 2.34. The number of halogens is 3. The Bertz CT molecular complexity index is 501. The van der Waals surface area contributed by atoms with E-state index in [1.807, 2.05) is 0 Å². The molecular formula is C9H4Cl3N3O. The van der Waals surface area contributed by atoms with Gasteiger partial charge in [-0.3, -0.25) is 0 Å². The molecule has 16 heavy (non-hydrogen) atoms. The van der Waals surface area contributed by atoms with Gasteiger partial charge in [0.1, 0.15) is 6.33 Å². The lowest BCUT2D eigenvalue weighted by atomic mass is 10.3. The zero-order chi connectivity index (χ0) is 11.5. The highest BCUT2D eigenvalue weighted by molar-refractivity contribution is 6.37. The van der Waals surface area contributed by atoms with Crippen LogP contribution in [0.3, 0.4) is 0 Å². The lowest BCUT2D eigenvalue weighted by molar-refractivity contribution is 0.440. The lowest BCUT2D eigenvalue weighted by Gasteiger charge is -2.06. The summed E-state index contributed by atoms with van der Waals surface area (Å²) in [5.41, 5.74) is 0. The smallest absolute Gasteiger partial charge is 0.326 e. The maximum atomic E-state index is 5.91. The van der Waals surface area contributed by atoms with Crippen LogP contribution in [-0.2, 0) is 0 Å². The van der Waals surface area contributed by atoms with Gasteiger partial charge in [0.2, 0.25) is 5.28 Å². The van der Waals surface area contributed by atoms with Gasteiger partial charge in [0.25, 0.3) is 0 Å². The monoisotopic (exact) mass is 275 g/mol. The van der Waals surface area contributed by atoms with Gasteiger partial charge in [-0.25, -0.2) is 4.98 Å². The molecule has 0 unspecified atom stereocenters. The van der Waals surface area contributed by atoms with Crippen LogP contribution in [0.1, 0.15) is 0 Å². The molecule has 1 aromatic heterocycles. The van der Waals surface area contributed by atoms with E-state index in [0.29, 0.717) is 10.0 Å². The van der Waals surface area contributed by atoms with Crippen molar-refractivity contribution < 1.29 is 4.74 Å². The van der Waals surface area contributed by atoms with E-state index in [0.717, 1.165) is 0 Å². The predicted molar refractivity (Wildman–Crippen MR) is 61.4 cm³/mol. The fraction of sp³-hybridized carbons (Fsp3) is 0. The molecule has 0 fully saturated rings. The molecule has 1 heterocycles. The van der Waals surface area contributed by atoms with Crippen molar-refractivity contribution in [2.75, 3.05) is 0 Å².